The van der Waals surface area contributed by atoms with Gasteiger partial charge in [0.25, 0.3) is 0 Å². The maximum atomic E-state index is 15.3. The molecule has 6 heteroatoms. The third-order valence-electron chi connectivity index (χ3n) is 6.43. The van der Waals surface area contributed by atoms with Crippen LogP contribution in [0.5, 0.6) is 0 Å². The highest BCUT2D eigenvalue weighted by Crippen LogP contribution is 2.49. The van der Waals surface area contributed by atoms with Gasteiger partial charge in [-0.25, -0.2) is 4.39 Å². The molecule has 2 saturated heterocycles. The molecular weight excluding hydrogens is 383 g/mol. The number of aromatic nitrogens is 1. The monoisotopic (exact) mass is 410 g/mol. The first kappa shape index (κ1) is 18.9. The van der Waals surface area contributed by atoms with E-state index in [1.54, 1.807) is 6.07 Å². The second-order valence-electron chi connectivity index (χ2n) is 8.19. The summed E-state index contributed by atoms with van der Waals surface area (Å²) in [5.74, 6) is 0.939. The van der Waals surface area contributed by atoms with Crippen LogP contribution in [-0.4, -0.2) is 39.9 Å². The number of aliphatic imine (C=N–C) groups is 1. The normalized spacial score (nSPS) is 26.2. The van der Waals surface area contributed by atoms with Gasteiger partial charge in [-0.05, 0) is 61.6 Å². The van der Waals surface area contributed by atoms with Gasteiger partial charge >= 0.3 is 0 Å². The molecule has 3 atom stereocenters. The standard InChI is InChI=1S/C23H27FN4S/c1-3-16-14-29-23-26-21(19-8-4-5-9-25-19)22(28(16)23)17-13-18(24)20(12-15(17)2)27-10-6-7-11-27/h4-5,8-9,12-13,16,21-22H,3,6-7,10-11,14H2,1-2H3/t16-,21-,22+/m1/s1. The molecule has 5 rings (SSSR count). The van der Waals surface area contributed by atoms with Crippen LogP contribution in [0.15, 0.2) is 41.5 Å². The molecule has 152 valence electrons. The van der Waals surface area contributed by atoms with Gasteiger partial charge in [0.15, 0.2) is 5.17 Å². The number of anilines is 1. The van der Waals surface area contributed by atoms with Crippen molar-refractivity contribution in [1.82, 2.24) is 9.88 Å². The third-order valence-corrected chi connectivity index (χ3v) is 7.56. The van der Waals surface area contributed by atoms with Gasteiger partial charge in [-0.3, -0.25) is 9.98 Å². The topological polar surface area (TPSA) is 31.7 Å². The molecule has 4 heterocycles. The van der Waals surface area contributed by atoms with Gasteiger partial charge in [0, 0.05) is 31.1 Å². The average molecular weight is 411 g/mol. The second kappa shape index (κ2) is 7.63. The molecule has 3 aliphatic rings. The lowest BCUT2D eigenvalue weighted by Gasteiger charge is -2.33. The fraction of sp³-hybridized carbons (Fsp3) is 0.478. The molecule has 0 radical (unpaired) electrons. The Balaban J connectivity index is 1.59. The minimum Gasteiger partial charge on any atom is -0.369 e. The molecule has 1 aromatic carbocycles. The summed E-state index contributed by atoms with van der Waals surface area (Å²) in [6, 6.07) is 10.1. The van der Waals surface area contributed by atoms with Crippen molar-refractivity contribution in [3.05, 3.63) is 59.2 Å². The number of aryl methyl sites for hydroxylation is 1. The van der Waals surface area contributed by atoms with E-state index in [2.05, 4.69) is 28.6 Å². The van der Waals surface area contributed by atoms with Gasteiger partial charge in [0.1, 0.15) is 11.9 Å². The highest BCUT2D eigenvalue weighted by atomic mass is 32.2. The number of rotatable bonds is 4. The van der Waals surface area contributed by atoms with E-state index in [9.17, 15) is 0 Å². The first-order chi connectivity index (χ1) is 14.2. The molecule has 0 spiro atoms. The van der Waals surface area contributed by atoms with Crippen LogP contribution in [0.2, 0.25) is 0 Å². The fourth-order valence-corrected chi connectivity index (χ4v) is 6.23. The fourth-order valence-electron chi connectivity index (χ4n) is 4.89. The number of nitrogens with zero attached hydrogens (tertiary/aromatic N) is 4. The smallest absolute Gasteiger partial charge is 0.160 e. The Kier molecular flexibility index (Phi) is 4.98. The molecule has 0 unspecified atom stereocenters. The summed E-state index contributed by atoms with van der Waals surface area (Å²) in [4.78, 5) is 14.3. The van der Waals surface area contributed by atoms with E-state index in [1.807, 2.05) is 42.2 Å². The highest BCUT2D eigenvalue weighted by Gasteiger charge is 2.46. The first-order valence-corrected chi connectivity index (χ1v) is 11.6. The molecule has 0 amide bonds. The Morgan fingerprint density at radius 1 is 1.21 bits per heavy atom. The maximum absolute atomic E-state index is 15.3. The predicted molar refractivity (Wildman–Crippen MR) is 118 cm³/mol. The molecule has 0 aliphatic carbocycles. The summed E-state index contributed by atoms with van der Waals surface area (Å²) in [6.45, 7) is 6.24. The Labute approximate surface area is 176 Å². The van der Waals surface area contributed by atoms with Crippen LogP contribution in [0, 0.1) is 12.7 Å². The van der Waals surface area contributed by atoms with Gasteiger partial charge in [0.2, 0.25) is 0 Å². The SMILES string of the molecule is CC[C@@H]1CSC2=N[C@H](c3ccccn3)[C@H](c3cc(F)c(N4CCCC4)cc3C)N21. The zero-order chi connectivity index (χ0) is 20.0. The van der Waals surface area contributed by atoms with Crippen LogP contribution in [0.4, 0.5) is 10.1 Å². The Bertz CT molecular complexity index is 926. The Morgan fingerprint density at radius 2 is 2.03 bits per heavy atom. The van der Waals surface area contributed by atoms with Crippen molar-refractivity contribution in [1.29, 1.82) is 0 Å². The molecule has 1 aromatic heterocycles. The van der Waals surface area contributed by atoms with E-state index in [0.29, 0.717) is 6.04 Å². The van der Waals surface area contributed by atoms with Crippen LogP contribution in [0.3, 0.4) is 0 Å². The van der Waals surface area contributed by atoms with E-state index in [0.717, 1.165) is 65.8 Å². The number of halogens is 1. The maximum Gasteiger partial charge on any atom is 0.160 e. The zero-order valence-electron chi connectivity index (χ0n) is 17.0. The summed E-state index contributed by atoms with van der Waals surface area (Å²) < 4.78 is 15.3. The minimum atomic E-state index is -0.111. The van der Waals surface area contributed by atoms with Gasteiger partial charge < -0.3 is 9.80 Å². The number of amidine groups is 1. The van der Waals surface area contributed by atoms with Crippen LogP contribution in [0.1, 0.15) is 55.1 Å². The lowest BCUT2D eigenvalue weighted by molar-refractivity contribution is 0.254. The molecule has 2 fully saturated rings. The largest absolute Gasteiger partial charge is 0.369 e. The first-order valence-electron chi connectivity index (χ1n) is 10.6. The molecule has 2 aromatic rings. The van der Waals surface area contributed by atoms with Crippen molar-refractivity contribution in [2.24, 2.45) is 4.99 Å². The van der Waals surface area contributed by atoms with Crippen molar-refractivity contribution >= 4 is 22.6 Å². The van der Waals surface area contributed by atoms with E-state index in [4.69, 9.17) is 4.99 Å². The van der Waals surface area contributed by atoms with E-state index in [-0.39, 0.29) is 17.9 Å². The van der Waals surface area contributed by atoms with Crippen LogP contribution in [0.25, 0.3) is 0 Å². The summed E-state index contributed by atoms with van der Waals surface area (Å²) in [6.07, 6.45) is 5.17. The highest BCUT2D eigenvalue weighted by molar-refractivity contribution is 8.14. The van der Waals surface area contributed by atoms with E-state index in [1.165, 1.54) is 0 Å². The van der Waals surface area contributed by atoms with Gasteiger partial charge in [-0.2, -0.15) is 0 Å². The van der Waals surface area contributed by atoms with Crippen molar-refractivity contribution in [2.75, 3.05) is 23.7 Å². The summed E-state index contributed by atoms with van der Waals surface area (Å²) in [5.41, 5.74) is 3.89. The van der Waals surface area contributed by atoms with Crippen molar-refractivity contribution in [3.63, 3.8) is 0 Å². The second-order valence-corrected chi connectivity index (χ2v) is 9.18. The summed E-state index contributed by atoms with van der Waals surface area (Å²) >= 11 is 1.82. The Morgan fingerprint density at radius 3 is 2.76 bits per heavy atom. The van der Waals surface area contributed by atoms with Gasteiger partial charge in [-0.15, -0.1) is 0 Å². The number of thioether (sulfide) groups is 1. The lowest BCUT2D eigenvalue weighted by atomic mass is 9.91. The molecule has 29 heavy (non-hydrogen) atoms. The van der Waals surface area contributed by atoms with E-state index < -0.39 is 0 Å². The quantitative estimate of drug-likeness (QED) is 0.701. The molecule has 4 nitrogen and oxygen atoms in total. The van der Waals surface area contributed by atoms with Crippen LogP contribution in [-0.2, 0) is 0 Å². The zero-order valence-corrected chi connectivity index (χ0v) is 17.8. The molecule has 3 aliphatic heterocycles. The van der Waals surface area contributed by atoms with Gasteiger partial charge in [0.05, 0.1) is 17.4 Å². The summed E-state index contributed by atoms with van der Waals surface area (Å²) in [7, 11) is 0. The predicted octanol–water partition coefficient (Wildman–Crippen LogP) is 5.11. The average Bonchev–Trinajstić information content (AvgIpc) is 3.47. The van der Waals surface area contributed by atoms with Crippen molar-refractivity contribution in [2.45, 2.75) is 51.2 Å². The van der Waals surface area contributed by atoms with Crippen LogP contribution < -0.4 is 4.90 Å². The Hall–Kier alpha value is -2.08. The van der Waals surface area contributed by atoms with Gasteiger partial charge in [-0.1, -0.05) is 24.8 Å². The number of fused-ring (bicyclic) bond motifs is 1. The molecule has 0 saturated carbocycles. The number of hydrogen-bond donors (Lipinski definition) is 0. The van der Waals surface area contributed by atoms with E-state index >= 15 is 4.39 Å². The molecule has 0 N–H and O–H groups in total. The summed E-state index contributed by atoms with van der Waals surface area (Å²) in [5, 5.41) is 1.08. The minimum absolute atomic E-state index is 0.00183. The van der Waals surface area contributed by atoms with Crippen LogP contribution >= 0.6 is 11.8 Å². The lowest BCUT2D eigenvalue weighted by Crippen LogP contribution is -2.35. The number of hydrogen-bond acceptors (Lipinski definition) is 5. The number of benzene rings is 1. The number of pyridine rings is 1. The van der Waals surface area contributed by atoms with Crippen molar-refractivity contribution in [3.8, 4) is 0 Å². The third kappa shape index (κ3) is 3.21. The molecule has 0 bridgehead atoms. The molecular formula is C23H27FN4S. The van der Waals surface area contributed by atoms with Crippen molar-refractivity contribution < 1.29 is 4.39 Å².